The molecule has 1 saturated carbocycles. The van der Waals surface area contributed by atoms with E-state index in [4.69, 9.17) is 5.73 Å². The van der Waals surface area contributed by atoms with Gasteiger partial charge in [-0.3, -0.25) is 4.79 Å². The summed E-state index contributed by atoms with van der Waals surface area (Å²) in [6.45, 7) is 2.34. The minimum atomic E-state index is -3.42. The monoisotopic (exact) mass is 304 g/mol. The predicted octanol–water partition coefficient (Wildman–Crippen LogP) is 0.209. The number of nitrogen functional groups attached to an aromatic ring is 1. The van der Waals surface area contributed by atoms with Crippen LogP contribution in [0.1, 0.15) is 19.8 Å². The lowest BCUT2D eigenvalue weighted by atomic mass is 10.5. The molecule has 19 heavy (non-hydrogen) atoms. The Morgan fingerprint density at radius 2 is 2.21 bits per heavy atom. The summed E-state index contributed by atoms with van der Waals surface area (Å²) in [5, 5.41) is 5.40. The molecule has 0 unspecified atom stereocenters. The van der Waals surface area contributed by atoms with Crippen molar-refractivity contribution in [3.05, 3.63) is 0 Å². The first-order chi connectivity index (χ1) is 8.96. The number of likely N-dealkylation sites (N-methyl/N-ethyl adjacent to an activating group) is 1. The third kappa shape index (κ3) is 2.98. The summed E-state index contributed by atoms with van der Waals surface area (Å²) in [4.78, 5) is 11.4. The lowest BCUT2D eigenvalue weighted by molar-refractivity contribution is -0.119. The molecule has 1 heterocycles. The number of rotatable bonds is 6. The van der Waals surface area contributed by atoms with Crippen LogP contribution in [-0.2, 0) is 14.6 Å². The van der Waals surface area contributed by atoms with Crippen LogP contribution < -0.4 is 16.4 Å². The van der Waals surface area contributed by atoms with Gasteiger partial charge >= 0.3 is 0 Å². The van der Waals surface area contributed by atoms with E-state index in [9.17, 15) is 13.2 Å². The number of hydrogen-bond donors (Lipinski definition) is 3. The fourth-order valence-corrected chi connectivity index (χ4v) is 4.53. The zero-order valence-electron chi connectivity index (χ0n) is 10.5. The van der Waals surface area contributed by atoms with Crippen LogP contribution in [0.2, 0.25) is 0 Å². The van der Waals surface area contributed by atoms with Gasteiger partial charge in [0.1, 0.15) is 9.90 Å². The summed E-state index contributed by atoms with van der Waals surface area (Å²) in [6.07, 6.45) is 1.32. The van der Waals surface area contributed by atoms with Crippen molar-refractivity contribution in [2.24, 2.45) is 0 Å². The van der Waals surface area contributed by atoms with Crippen molar-refractivity contribution < 1.29 is 13.2 Å². The highest BCUT2D eigenvalue weighted by molar-refractivity contribution is 7.92. The number of hydrogen-bond acceptors (Lipinski definition) is 7. The molecule has 1 fully saturated rings. The maximum atomic E-state index is 12.2. The van der Waals surface area contributed by atoms with Crippen molar-refractivity contribution in [2.75, 3.05) is 24.1 Å². The van der Waals surface area contributed by atoms with Crippen LogP contribution in [0, 0.1) is 0 Å². The van der Waals surface area contributed by atoms with E-state index in [-0.39, 0.29) is 28.4 Å². The van der Waals surface area contributed by atoms with Gasteiger partial charge in [0, 0.05) is 6.54 Å². The molecule has 0 atom stereocenters. The zero-order valence-corrected chi connectivity index (χ0v) is 12.1. The Morgan fingerprint density at radius 1 is 1.53 bits per heavy atom. The van der Waals surface area contributed by atoms with E-state index in [0.717, 1.165) is 11.5 Å². The second-order valence-electron chi connectivity index (χ2n) is 4.28. The van der Waals surface area contributed by atoms with Gasteiger partial charge in [-0.2, -0.15) is 4.37 Å². The molecule has 1 aliphatic carbocycles. The van der Waals surface area contributed by atoms with Crippen molar-refractivity contribution in [1.29, 1.82) is 0 Å². The van der Waals surface area contributed by atoms with Crippen LogP contribution in [-0.4, -0.2) is 37.0 Å². The molecule has 2 rings (SSSR count). The third-order valence-corrected chi connectivity index (χ3v) is 5.98. The average molecular weight is 304 g/mol. The number of carbonyl (C=O) groups excluding carboxylic acids is 1. The van der Waals surface area contributed by atoms with E-state index in [1.807, 2.05) is 6.92 Å². The second kappa shape index (κ2) is 5.33. The Balaban J connectivity index is 2.16. The number of aromatic nitrogens is 1. The van der Waals surface area contributed by atoms with Crippen LogP contribution in [0.5, 0.6) is 0 Å². The van der Waals surface area contributed by atoms with E-state index in [1.54, 1.807) is 0 Å². The highest BCUT2D eigenvalue weighted by Gasteiger charge is 2.40. The molecular weight excluding hydrogens is 288 g/mol. The number of nitrogens with two attached hydrogens (primary N) is 1. The lowest BCUT2D eigenvalue weighted by Crippen LogP contribution is -2.29. The smallest absolute Gasteiger partial charge is 0.239 e. The Hall–Kier alpha value is -1.35. The molecule has 9 heteroatoms. The Bertz CT molecular complexity index is 578. The predicted molar refractivity (Wildman–Crippen MR) is 73.9 cm³/mol. The van der Waals surface area contributed by atoms with Gasteiger partial charge in [-0.25, -0.2) is 8.42 Å². The largest absolute Gasteiger partial charge is 0.382 e. The van der Waals surface area contributed by atoms with E-state index in [2.05, 4.69) is 15.0 Å². The topological polar surface area (TPSA) is 114 Å². The van der Waals surface area contributed by atoms with E-state index in [0.29, 0.717) is 24.4 Å². The van der Waals surface area contributed by atoms with Crippen molar-refractivity contribution in [1.82, 2.24) is 9.69 Å². The van der Waals surface area contributed by atoms with Crippen molar-refractivity contribution in [3.63, 3.8) is 0 Å². The first kappa shape index (κ1) is 14.1. The summed E-state index contributed by atoms with van der Waals surface area (Å²) in [5.41, 5.74) is 5.64. The Kier molecular flexibility index (Phi) is 3.95. The summed E-state index contributed by atoms with van der Waals surface area (Å²) in [5.74, 6) is -0.195. The van der Waals surface area contributed by atoms with Crippen LogP contribution in [0.4, 0.5) is 10.8 Å². The maximum absolute atomic E-state index is 12.2. The van der Waals surface area contributed by atoms with Crippen molar-refractivity contribution >= 4 is 38.1 Å². The fourth-order valence-electron chi connectivity index (χ4n) is 1.65. The van der Waals surface area contributed by atoms with Crippen LogP contribution in [0.15, 0.2) is 4.90 Å². The molecule has 1 aromatic rings. The Labute approximate surface area is 115 Å². The summed E-state index contributed by atoms with van der Waals surface area (Å²) < 4.78 is 28.3. The lowest BCUT2D eigenvalue weighted by Gasteiger charge is -2.07. The second-order valence-corrected chi connectivity index (χ2v) is 7.22. The van der Waals surface area contributed by atoms with E-state index < -0.39 is 9.84 Å². The van der Waals surface area contributed by atoms with Gasteiger partial charge in [-0.05, 0) is 31.3 Å². The number of anilines is 2. The molecule has 7 nitrogen and oxygen atoms in total. The summed E-state index contributed by atoms with van der Waals surface area (Å²) in [6, 6.07) is 0. The quantitative estimate of drug-likeness (QED) is 0.692. The highest BCUT2D eigenvalue weighted by atomic mass is 32.2. The van der Waals surface area contributed by atoms with Gasteiger partial charge < -0.3 is 16.4 Å². The molecule has 0 aliphatic heterocycles. The molecule has 0 saturated heterocycles. The molecule has 0 aromatic carbocycles. The van der Waals surface area contributed by atoms with E-state index in [1.165, 1.54) is 0 Å². The first-order valence-corrected chi connectivity index (χ1v) is 8.28. The standard InChI is InChI=1S/C10H16N4O3S2/c1-2-12-7(15)5-13-10-8(9(11)14-18-10)19(16,17)6-3-4-6/h6,13H,2-5H2,1H3,(H2,11,14)(H,12,15). The maximum Gasteiger partial charge on any atom is 0.239 e. The average Bonchev–Trinajstić information content (AvgIpc) is 3.12. The first-order valence-electron chi connectivity index (χ1n) is 5.96. The van der Waals surface area contributed by atoms with E-state index >= 15 is 0 Å². The molecule has 0 spiro atoms. The van der Waals surface area contributed by atoms with Crippen LogP contribution in [0.3, 0.4) is 0 Å². The minimum absolute atomic E-state index is 0.00264. The number of nitrogens with one attached hydrogen (secondary N) is 2. The van der Waals surface area contributed by atoms with Gasteiger partial charge in [-0.1, -0.05) is 0 Å². The van der Waals surface area contributed by atoms with Gasteiger partial charge in [0.25, 0.3) is 0 Å². The van der Waals surface area contributed by atoms with Gasteiger partial charge in [0.2, 0.25) is 5.91 Å². The normalized spacial score (nSPS) is 15.2. The number of carbonyl (C=O) groups is 1. The number of nitrogens with zero attached hydrogens (tertiary/aromatic N) is 1. The SMILES string of the molecule is CCNC(=O)CNc1snc(N)c1S(=O)(=O)C1CC1. The molecule has 0 radical (unpaired) electrons. The number of amides is 1. The van der Waals surface area contributed by atoms with Gasteiger partial charge in [0.15, 0.2) is 15.7 Å². The molecular formula is C10H16N4O3S2. The van der Waals surface area contributed by atoms with Crippen molar-refractivity contribution in [3.8, 4) is 0 Å². The zero-order chi connectivity index (χ0) is 14.0. The van der Waals surface area contributed by atoms with Crippen LogP contribution in [0.25, 0.3) is 0 Å². The Morgan fingerprint density at radius 3 is 2.79 bits per heavy atom. The molecule has 1 amide bonds. The molecule has 1 aliphatic rings. The van der Waals surface area contributed by atoms with Crippen molar-refractivity contribution in [2.45, 2.75) is 29.9 Å². The highest BCUT2D eigenvalue weighted by Crippen LogP contribution is 2.40. The van der Waals surface area contributed by atoms with Gasteiger partial charge in [0.05, 0.1) is 11.8 Å². The number of sulfone groups is 1. The molecule has 0 bridgehead atoms. The molecule has 1 aromatic heterocycles. The third-order valence-electron chi connectivity index (χ3n) is 2.71. The van der Waals surface area contributed by atoms with Crippen LogP contribution >= 0.6 is 11.5 Å². The molecule has 106 valence electrons. The minimum Gasteiger partial charge on any atom is -0.382 e. The fraction of sp³-hybridized carbons (Fsp3) is 0.600. The van der Waals surface area contributed by atoms with Gasteiger partial charge in [-0.15, -0.1) is 0 Å². The summed E-state index contributed by atoms with van der Waals surface area (Å²) >= 11 is 0.963. The summed E-state index contributed by atoms with van der Waals surface area (Å²) in [7, 11) is -3.42. The molecule has 4 N–H and O–H groups in total.